The van der Waals surface area contributed by atoms with Gasteiger partial charge in [-0.2, -0.15) is 0 Å². The highest BCUT2D eigenvalue weighted by molar-refractivity contribution is 5.95. The predicted octanol–water partition coefficient (Wildman–Crippen LogP) is 6.00. The second-order valence-electron chi connectivity index (χ2n) is 10.8. The van der Waals surface area contributed by atoms with E-state index in [0.29, 0.717) is 18.8 Å². The van der Waals surface area contributed by atoms with Gasteiger partial charge in [0, 0.05) is 11.8 Å². The van der Waals surface area contributed by atoms with E-state index < -0.39 is 11.6 Å². The molecule has 0 N–H and O–H groups in total. The smallest absolute Gasteiger partial charge is 0.358 e. The highest BCUT2D eigenvalue weighted by Crippen LogP contribution is 2.29. The minimum atomic E-state index is -0.565. The molecule has 1 saturated heterocycles. The number of hydrogen-bond donors (Lipinski definition) is 0. The first-order valence-corrected chi connectivity index (χ1v) is 13.3. The summed E-state index contributed by atoms with van der Waals surface area (Å²) in [5, 5.41) is 0. The number of unbranched alkanes of at least 4 members (excludes halogenated alkanes) is 1. The molecule has 0 saturated carbocycles. The Morgan fingerprint density at radius 1 is 1.08 bits per heavy atom. The van der Waals surface area contributed by atoms with Crippen LogP contribution in [0.5, 0.6) is 0 Å². The van der Waals surface area contributed by atoms with Crippen LogP contribution in [0.4, 0.5) is 0 Å². The van der Waals surface area contributed by atoms with Crippen molar-refractivity contribution >= 4 is 11.9 Å². The fraction of sp³-hybridized carbons (Fsp3) is 0.567. The molecule has 0 bridgehead atoms. The average molecular weight is 495 g/mol. The van der Waals surface area contributed by atoms with E-state index in [9.17, 15) is 9.59 Å². The van der Waals surface area contributed by atoms with Crippen molar-refractivity contribution in [1.82, 2.24) is 9.88 Å². The summed E-state index contributed by atoms with van der Waals surface area (Å²) in [6.07, 6.45) is 8.65. The zero-order valence-electron chi connectivity index (χ0n) is 22.6. The number of pyridine rings is 1. The Balaban J connectivity index is 1.49. The predicted molar refractivity (Wildman–Crippen MR) is 143 cm³/mol. The number of nitrogens with zero attached hydrogens (tertiary/aromatic N) is 2. The lowest BCUT2D eigenvalue weighted by Crippen LogP contribution is -2.38. The molecule has 0 aliphatic carbocycles. The summed E-state index contributed by atoms with van der Waals surface area (Å²) in [5.41, 5.74) is 4.08. The van der Waals surface area contributed by atoms with Crippen LogP contribution >= 0.6 is 0 Å². The molecule has 1 fully saturated rings. The number of aromatic nitrogens is 1. The standard InChI is InChI=1S/C30H42N2O4/c1-6-35-27(33)21-32-18-15-23(16-19-32)10-7-8-11-24-13-14-25(22(2)20-24)26-12-9-17-31-28(26)29(34)36-30(3,4)5/h9,12-14,17,20,23H,6-8,10-11,15-16,18-19,21H2,1-5H3. The summed E-state index contributed by atoms with van der Waals surface area (Å²) < 4.78 is 10.6. The van der Waals surface area contributed by atoms with Gasteiger partial charge in [-0.25, -0.2) is 9.78 Å². The zero-order valence-corrected chi connectivity index (χ0v) is 22.6. The Labute approximate surface area is 216 Å². The normalized spacial score (nSPS) is 15.0. The van der Waals surface area contributed by atoms with E-state index in [1.165, 1.54) is 18.4 Å². The fourth-order valence-corrected chi connectivity index (χ4v) is 4.88. The van der Waals surface area contributed by atoms with Gasteiger partial charge in [0.15, 0.2) is 5.69 Å². The van der Waals surface area contributed by atoms with E-state index in [0.717, 1.165) is 61.4 Å². The number of carbonyl (C=O) groups excluding carboxylic acids is 2. The molecular formula is C30H42N2O4. The van der Waals surface area contributed by atoms with Crippen molar-refractivity contribution in [3.8, 4) is 11.1 Å². The second kappa shape index (κ2) is 13.0. The maximum atomic E-state index is 12.7. The highest BCUT2D eigenvalue weighted by atomic mass is 16.6. The molecule has 0 atom stereocenters. The van der Waals surface area contributed by atoms with Gasteiger partial charge >= 0.3 is 11.9 Å². The van der Waals surface area contributed by atoms with Crippen molar-refractivity contribution in [1.29, 1.82) is 0 Å². The van der Waals surface area contributed by atoms with Crippen LogP contribution in [0, 0.1) is 12.8 Å². The summed E-state index contributed by atoms with van der Waals surface area (Å²) in [7, 11) is 0. The maximum absolute atomic E-state index is 12.7. The Hall–Kier alpha value is -2.73. The van der Waals surface area contributed by atoms with Crippen molar-refractivity contribution in [3.05, 3.63) is 53.3 Å². The molecule has 0 spiro atoms. The number of esters is 2. The molecule has 0 unspecified atom stereocenters. The van der Waals surface area contributed by atoms with Gasteiger partial charge in [-0.05, 0) is 102 Å². The number of rotatable bonds is 10. The lowest BCUT2D eigenvalue weighted by atomic mass is 9.90. The van der Waals surface area contributed by atoms with Gasteiger partial charge in [0.25, 0.3) is 0 Å². The Kier molecular flexibility index (Phi) is 10.1. The molecule has 0 amide bonds. The van der Waals surface area contributed by atoms with Crippen molar-refractivity contribution in [2.24, 2.45) is 5.92 Å². The average Bonchev–Trinajstić information content (AvgIpc) is 2.82. The first-order chi connectivity index (χ1) is 17.2. The van der Waals surface area contributed by atoms with Gasteiger partial charge < -0.3 is 9.47 Å². The minimum Gasteiger partial charge on any atom is -0.465 e. The van der Waals surface area contributed by atoms with E-state index in [1.807, 2.05) is 39.8 Å². The molecule has 6 heteroatoms. The van der Waals surface area contributed by atoms with E-state index in [1.54, 1.807) is 6.20 Å². The lowest BCUT2D eigenvalue weighted by molar-refractivity contribution is -0.144. The van der Waals surface area contributed by atoms with Crippen LogP contribution in [-0.2, 0) is 20.7 Å². The van der Waals surface area contributed by atoms with E-state index in [4.69, 9.17) is 9.47 Å². The number of aryl methyl sites for hydroxylation is 2. The molecule has 1 aromatic heterocycles. The SMILES string of the molecule is CCOC(=O)CN1CCC(CCCCc2ccc(-c3cccnc3C(=O)OC(C)(C)C)c(C)c2)CC1. The van der Waals surface area contributed by atoms with Crippen molar-refractivity contribution in [2.75, 3.05) is 26.2 Å². The molecular weight excluding hydrogens is 452 g/mol. The number of hydrogen-bond acceptors (Lipinski definition) is 6. The lowest BCUT2D eigenvalue weighted by Gasteiger charge is -2.31. The first kappa shape index (κ1) is 27.9. The van der Waals surface area contributed by atoms with Crippen molar-refractivity contribution < 1.29 is 19.1 Å². The Morgan fingerprint density at radius 3 is 2.50 bits per heavy atom. The van der Waals surface area contributed by atoms with Crippen LogP contribution in [-0.4, -0.2) is 53.7 Å². The topological polar surface area (TPSA) is 68.7 Å². The molecule has 196 valence electrons. The monoisotopic (exact) mass is 494 g/mol. The molecule has 0 radical (unpaired) electrons. The third kappa shape index (κ3) is 8.44. The third-order valence-corrected chi connectivity index (χ3v) is 6.67. The van der Waals surface area contributed by atoms with Crippen LogP contribution in [0.15, 0.2) is 36.5 Å². The summed E-state index contributed by atoms with van der Waals surface area (Å²) in [6, 6.07) is 10.3. The van der Waals surface area contributed by atoms with Gasteiger partial charge in [0.2, 0.25) is 0 Å². The third-order valence-electron chi connectivity index (χ3n) is 6.67. The zero-order chi connectivity index (χ0) is 26.1. The summed E-state index contributed by atoms with van der Waals surface area (Å²) in [4.78, 5) is 30.9. The van der Waals surface area contributed by atoms with E-state index in [-0.39, 0.29) is 5.97 Å². The fourth-order valence-electron chi connectivity index (χ4n) is 4.88. The van der Waals surface area contributed by atoms with Gasteiger partial charge in [-0.1, -0.05) is 37.1 Å². The number of likely N-dealkylation sites (tertiary alicyclic amines) is 1. The Bertz CT molecular complexity index is 1020. The van der Waals surface area contributed by atoms with Crippen LogP contribution in [0.25, 0.3) is 11.1 Å². The second-order valence-corrected chi connectivity index (χ2v) is 10.8. The van der Waals surface area contributed by atoms with E-state index in [2.05, 4.69) is 35.0 Å². The van der Waals surface area contributed by atoms with E-state index >= 15 is 0 Å². The highest BCUT2D eigenvalue weighted by Gasteiger charge is 2.23. The first-order valence-electron chi connectivity index (χ1n) is 13.3. The van der Waals surface area contributed by atoms with Gasteiger partial charge in [-0.15, -0.1) is 0 Å². The van der Waals surface area contributed by atoms with Crippen LogP contribution in [0.3, 0.4) is 0 Å². The largest absolute Gasteiger partial charge is 0.465 e. The summed E-state index contributed by atoms with van der Waals surface area (Å²) in [6.45, 7) is 12.4. The van der Waals surface area contributed by atoms with Crippen LogP contribution in [0.2, 0.25) is 0 Å². The van der Waals surface area contributed by atoms with Crippen molar-refractivity contribution in [2.45, 2.75) is 78.7 Å². The van der Waals surface area contributed by atoms with Crippen LogP contribution < -0.4 is 0 Å². The van der Waals surface area contributed by atoms with Gasteiger partial charge in [0.05, 0.1) is 13.2 Å². The quantitative estimate of drug-likeness (QED) is 0.298. The molecule has 1 aliphatic heterocycles. The molecule has 2 heterocycles. The van der Waals surface area contributed by atoms with Crippen LogP contribution in [0.1, 0.15) is 81.4 Å². The molecule has 1 aromatic carbocycles. The summed E-state index contributed by atoms with van der Waals surface area (Å²) in [5.74, 6) is 0.250. The van der Waals surface area contributed by atoms with Gasteiger partial charge in [0.1, 0.15) is 5.60 Å². The number of carbonyl (C=O) groups is 2. The minimum absolute atomic E-state index is 0.109. The van der Waals surface area contributed by atoms with Crippen molar-refractivity contribution in [3.63, 3.8) is 0 Å². The number of ether oxygens (including phenoxy) is 2. The molecule has 2 aromatic rings. The summed E-state index contributed by atoms with van der Waals surface area (Å²) >= 11 is 0. The molecule has 6 nitrogen and oxygen atoms in total. The Morgan fingerprint density at radius 2 is 1.83 bits per heavy atom. The molecule has 36 heavy (non-hydrogen) atoms. The molecule has 1 aliphatic rings. The maximum Gasteiger partial charge on any atom is 0.358 e. The molecule has 3 rings (SSSR count). The number of benzene rings is 1. The van der Waals surface area contributed by atoms with Gasteiger partial charge in [-0.3, -0.25) is 9.69 Å². The number of piperidine rings is 1.